The molecule has 0 saturated heterocycles. The predicted molar refractivity (Wildman–Crippen MR) is 67.9 cm³/mol. The summed E-state index contributed by atoms with van der Waals surface area (Å²) in [5, 5.41) is 3.44. The zero-order valence-corrected chi connectivity index (χ0v) is 10.6. The molecule has 1 N–H and O–H groups in total. The van der Waals surface area contributed by atoms with Crippen LogP contribution in [0, 0.1) is 13.8 Å². The van der Waals surface area contributed by atoms with Gasteiger partial charge in [-0.15, -0.1) is 11.3 Å². The lowest BCUT2D eigenvalue weighted by molar-refractivity contribution is 0.499. The van der Waals surface area contributed by atoms with Crippen molar-refractivity contribution in [1.82, 2.24) is 5.32 Å². The molecule has 0 aliphatic rings. The standard InChI is InChI=1S/C13H17NOS/c1-10-8-12(11(2)16-10)9-14-6-5-13-4-3-7-15-13/h3-4,7-8,14H,5-6,9H2,1-2H3. The van der Waals surface area contributed by atoms with E-state index in [9.17, 15) is 0 Å². The summed E-state index contributed by atoms with van der Waals surface area (Å²) in [5.41, 5.74) is 1.42. The van der Waals surface area contributed by atoms with E-state index in [1.807, 2.05) is 23.5 Å². The smallest absolute Gasteiger partial charge is 0.105 e. The molecule has 2 aromatic rings. The van der Waals surface area contributed by atoms with Crippen molar-refractivity contribution in [1.29, 1.82) is 0 Å². The Balaban J connectivity index is 1.74. The number of hydrogen-bond acceptors (Lipinski definition) is 3. The molecule has 3 heteroatoms. The van der Waals surface area contributed by atoms with Gasteiger partial charge in [0.1, 0.15) is 5.76 Å². The monoisotopic (exact) mass is 235 g/mol. The summed E-state index contributed by atoms with van der Waals surface area (Å²) in [6.07, 6.45) is 2.68. The Labute approximate surface area is 100 Å². The van der Waals surface area contributed by atoms with E-state index in [0.29, 0.717) is 0 Å². The number of rotatable bonds is 5. The van der Waals surface area contributed by atoms with Gasteiger partial charge in [-0.25, -0.2) is 0 Å². The van der Waals surface area contributed by atoms with Crippen LogP contribution < -0.4 is 5.32 Å². The molecule has 0 saturated carbocycles. The molecule has 0 aromatic carbocycles. The van der Waals surface area contributed by atoms with Gasteiger partial charge < -0.3 is 9.73 Å². The van der Waals surface area contributed by atoms with Crippen LogP contribution in [0.25, 0.3) is 0 Å². The lowest BCUT2D eigenvalue weighted by atomic mass is 10.2. The van der Waals surface area contributed by atoms with Crippen LogP contribution in [0.3, 0.4) is 0 Å². The van der Waals surface area contributed by atoms with Gasteiger partial charge in [0.25, 0.3) is 0 Å². The first kappa shape index (κ1) is 11.4. The Morgan fingerprint density at radius 2 is 2.25 bits per heavy atom. The van der Waals surface area contributed by atoms with Crippen LogP contribution in [0.4, 0.5) is 0 Å². The fourth-order valence-electron chi connectivity index (χ4n) is 1.75. The maximum atomic E-state index is 5.28. The summed E-state index contributed by atoms with van der Waals surface area (Å²) in [6.45, 7) is 6.25. The van der Waals surface area contributed by atoms with Crippen LogP contribution in [-0.2, 0) is 13.0 Å². The maximum Gasteiger partial charge on any atom is 0.105 e. The fourth-order valence-corrected chi connectivity index (χ4v) is 2.69. The molecule has 2 aromatic heterocycles. The van der Waals surface area contributed by atoms with Gasteiger partial charge in [-0.1, -0.05) is 0 Å². The summed E-state index contributed by atoms with van der Waals surface area (Å²) >= 11 is 1.87. The molecule has 2 rings (SSSR count). The molecule has 0 spiro atoms. The number of nitrogens with one attached hydrogen (secondary N) is 1. The Hall–Kier alpha value is -1.06. The van der Waals surface area contributed by atoms with Crippen LogP contribution in [0.2, 0.25) is 0 Å². The van der Waals surface area contributed by atoms with Crippen LogP contribution in [0.15, 0.2) is 28.9 Å². The van der Waals surface area contributed by atoms with Crippen LogP contribution in [0.1, 0.15) is 21.1 Å². The summed E-state index contributed by atoms with van der Waals surface area (Å²) in [6, 6.07) is 6.21. The van der Waals surface area contributed by atoms with Crippen LogP contribution >= 0.6 is 11.3 Å². The van der Waals surface area contributed by atoms with E-state index in [0.717, 1.165) is 25.3 Å². The predicted octanol–water partition coefficient (Wildman–Crippen LogP) is 3.29. The molecule has 0 amide bonds. The van der Waals surface area contributed by atoms with Crippen molar-refractivity contribution < 1.29 is 4.42 Å². The Morgan fingerprint density at radius 1 is 1.38 bits per heavy atom. The number of aryl methyl sites for hydroxylation is 2. The highest BCUT2D eigenvalue weighted by molar-refractivity contribution is 7.12. The molecule has 2 heterocycles. The van der Waals surface area contributed by atoms with Gasteiger partial charge >= 0.3 is 0 Å². The van der Waals surface area contributed by atoms with E-state index in [-0.39, 0.29) is 0 Å². The second-order valence-corrected chi connectivity index (χ2v) is 5.41. The Bertz CT molecular complexity index is 431. The topological polar surface area (TPSA) is 25.2 Å². The van der Waals surface area contributed by atoms with E-state index < -0.39 is 0 Å². The zero-order valence-electron chi connectivity index (χ0n) is 9.75. The third-order valence-electron chi connectivity index (χ3n) is 2.59. The first-order valence-corrected chi connectivity index (χ1v) is 6.36. The summed E-state index contributed by atoms with van der Waals surface area (Å²) in [7, 11) is 0. The molecule has 0 bridgehead atoms. The third kappa shape index (κ3) is 2.97. The molecule has 0 atom stereocenters. The van der Waals surface area contributed by atoms with Gasteiger partial charge in [0, 0.05) is 29.3 Å². The van der Waals surface area contributed by atoms with Gasteiger partial charge in [0.2, 0.25) is 0 Å². The first-order valence-electron chi connectivity index (χ1n) is 5.54. The summed E-state index contributed by atoms with van der Waals surface area (Å²) in [4.78, 5) is 2.81. The third-order valence-corrected chi connectivity index (χ3v) is 3.60. The van der Waals surface area contributed by atoms with Crippen LogP contribution in [-0.4, -0.2) is 6.54 Å². The van der Waals surface area contributed by atoms with Gasteiger partial charge in [0.05, 0.1) is 6.26 Å². The molecule has 2 nitrogen and oxygen atoms in total. The normalized spacial score (nSPS) is 10.9. The summed E-state index contributed by atoms with van der Waals surface area (Å²) < 4.78 is 5.28. The molecule has 0 radical (unpaired) electrons. The van der Waals surface area contributed by atoms with Crippen molar-refractivity contribution in [2.75, 3.05) is 6.54 Å². The van der Waals surface area contributed by atoms with Crippen molar-refractivity contribution in [3.8, 4) is 0 Å². The van der Waals surface area contributed by atoms with Crippen molar-refractivity contribution in [3.63, 3.8) is 0 Å². The minimum atomic E-state index is 0.954. The first-order chi connectivity index (χ1) is 7.75. The number of furan rings is 1. The average Bonchev–Trinajstić information content (AvgIpc) is 2.84. The molecule has 16 heavy (non-hydrogen) atoms. The average molecular weight is 235 g/mol. The molecular formula is C13H17NOS. The highest BCUT2D eigenvalue weighted by Gasteiger charge is 2.02. The molecule has 0 aliphatic carbocycles. The van der Waals surface area contributed by atoms with Crippen molar-refractivity contribution >= 4 is 11.3 Å². The van der Waals surface area contributed by atoms with Crippen molar-refractivity contribution in [2.45, 2.75) is 26.8 Å². The maximum absolute atomic E-state index is 5.28. The lowest BCUT2D eigenvalue weighted by Crippen LogP contribution is -2.16. The van der Waals surface area contributed by atoms with Gasteiger partial charge in [-0.2, -0.15) is 0 Å². The van der Waals surface area contributed by atoms with E-state index >= 15 is 0 Å². The second kappa shape index (κ2) is 5.32. The molecule has 0 fully saturated rings. The largest absolute Gasteiger partial charge is 0.469 e. The van der Waals surface area contributed by atoms with Gasteiger partial charge in [0.15, 0.2) is 0 Å². The number of hydrogen-bond donors (Lipinski definition) is 1. The minimum absolute atomic E-state index is 0.954. The lowest BCUT2D eigenvalue weighted by Gasteiger charge is -2.02. The summed E-state index contributed by atoms with van der Waals surface area (Å²) in [5.74, 6) is 1.05. The van der Waals surface area contributed by atoms with Crippen molar-refractivity contribution in [3.05, 3.63) is 45.5 Å². The molecule has 86 valence electrons. The Kier molecular flexibility index (Phi) is 3.80. The highest BCUT2D eigenvalue weighted by Crippen LogP contribution is 2.20. The Morgan fingerprint density at radius 3 is 2.88 bits per heavy atom. The number of thiophene rings is 1. The quantitative estimate of drug-likeness (QED) is 0.804. The van der Waals surface area contributed by atoms with E-state index in [4.69, 9.17) is 4.42 Å². The molecule has 0 unspecified atom stereocenters. The van der Waals surface area contributed by atoms with Crippen molar-refractivity contribution in [2.24, 2.45) is 0 Å². The van der Waals surface area contributed by atoms with E-state index in [2.05, 4.69) is 25.2 Å². The van der Waals surface area contributed by atoms with E-state index in [1.54, 1.807) is 6.26 Å². The fraction of sp³-hybridized carbons (Fsp3) is 0.385. The molecular weight excluding hydrogens is 218 g/mol. The SMILES string of the molecule is Cc1cc(CNCCc2ccco2)c(C)s1. The highest BCUT2D eigenvalue weighted by atomic mass is 32.1. The van der Waals surface area contributed by atoms with Gasteiger partial charge in [-0.3, -0.25) is 0 Å². The second-order valence-electron chi connectivity index (χ2n) is 3.94. The minimum Gasteiger partial charge on any atom is -0.469 e. The van der Waals surface area contributed by atoms with E-state index in [1.165, 1.54) is 15.3 Å². The molecule has 0 aliphatic heterocycles. The van der Waals surface area contributed by atoms with Crippen LogP contribution in [0.5, 0.6) is 0 Å². The van der Waals surface area contributed by atoms with Gasteiger partial charge in [-0.05, 0) is 37.6 Å². The zero-order chi connectivity index (χ0) is 11.4.